The van der Waals surface area contributed by atoms with Crippen molar-refractivity contribution in [3.05, 3.63) is 33.4 Å². The number of tetrazole rings is 1. The van der Waals surface area contributed by atoms with Crippen LogP contribution >= 0.6 is 34.4 Å². The normalized spacial score (nSPS) is 10.9. The summed E-state index contributed by atoms with van der Waals surface area (Å²) in [5.41, 5.74) is 1.29. The number of hydrogen-bond donors (Lipinski definition) is 1. The Morgan fingerprint density at radius 2 is 2.05 bits per heavy atom. The van der Waals surface area contributed by atoms with Crippen LogP contribution in [0.4, 0.5) is 0 Å². The van der Waals surface area contributed by atoms with Gasteiger partial charge in [0.15, 0.2) is 0 Å². The first kappa shape index (κ1) is 15.7. The van der Waals surface area contributed by atoms with Crippen LogP contribution < -0.4 is 5.32 Å². The van der Waals surface area contributed by atoms with Crippen LogP contribution in [-0.4, -0.2) is 33.3 Å². The molecular formula is C13H18IN5S. The van der Waals surface area contributed by atoms with Crippen LogP contribution in [-0.2, 0) is 12.3 Å². The molecule has 0 aliphatic heterocycles. The summed E-state index contributed by atoms with van der Waals surface area (Å²) in [4.78, 5) is 0. The predicted octanol–water partition coefficient (Wildman–Crippen LogP) is 2.57. The molecule has 20 heavy (non-hydrogen) atoms. The first-order chi connectivity index (χ1) is 9.79. The maximum atomic E-state index is 4.08. The van der Waals surface area contributed by atoms with Gasteiger partial charge in [-0.15, -0.1) is 5.10 Å². The number of benzene rings is 1. The average molecular weight is 403 g/mol. The number of nitrogens with zero attached hydrogens (tertiary/aromatic N) is 4. The second-order valence-electron chi connectivity index (χ2n) is 4.35. The number of halogens is 1. The van der Waals surface area contributed by atoms with Gasteiger partial charge in [-0.05, 0) is 63.7 Å². The average Bonchev–Trinajstić information content (AvgIpc) is 2.90. The number of rotatable bonds is 8. The fourth-order valence-corrected chi connectivity index (χ4v) is 2.87. The van der Waals surface area contributed by atoms with Crippen LogP contribution in [0.2, 0.25) is 0 Å². The molecule has 0 fully saturated rings. The van der Waals surface area contributed by atoms with Gasteiger partial charge >= 0.3 is 0 Å². The third-order valence-corrected chi connectivity index (χ3v) is 4.45. The smallest absolute Gasteiger partial charge is 0.209 e. The highest BCUT2D eigenvalue weighted by molar-refractivity contribution is 14.1. The van der Waals surface area contributed by atoms with E-state index in [2.05, 4.69) is 74.6 Å². The summed E-state index contributed by atoms with van der Waals surface area (Å²) in [6.07, 6.45) is 1.14. The van der Waals surface area contributed by atoms with E-state index in [0.717, 1.165) is 37.0 Å². The summed E-state index contributed by atoms with van der Waals surface area (Å²) in [6.45, 7) is 4.90. The van der Waals surface area contributed by atoms with Crippen LogP contribution in [0.3, 0.4) is 0 Å². The molecule has 0 saturated carbocycles. The lowest BCUT2D eigenvalue weighted by Gasteiger charge is -2.05. The van der Waals surface area contributed by atoms with Crippen molar-refractivity contribution < 1.29 is 0 Å². The molecule has 7 heteroatoms. The van der Waals surface area contributed by atoms with Crippen molar-refractivity contribution in [3.8, 4) is 0 Å². The fraction of sp³-hybridized carbons (Fsp3) is 0.462. The van der Waals surface area contributed by atoms with Gasteiger partial charge < -0.3 is 5.32 Å². The summed E-state index contributed by atoms with van der Waals surface area (Å²) in [6, 6.07) is 8.53. The van der Waals surface area contributed by atoms with E-state index >= 15 is 0 Å². The Balaban J connectivity index is 1.83. The molecule has 5 nitrogen and oxygen atoms in total. The molecule has 2 rings (SSSR count). The van der Waals surface area contributed by atoms with Crippen LogP contribution in [0.1, 0.15) is 18.9 Å². The van der Waals surface area contributed by atoms with E-state index in [1.54, 1.807) is 11.8 Å². The zero-order valence-corrected chi connectivity index (χ0v) is 14.4. The molecule has 1 N–H and O–H groups in total. The van der Waals surface area contributed by atoms with Crippen LogP contribution in [0.15, 0.2) is 29.4 Å². The highest BCUT2D eigenvalue weighted by Gasteiger charge is 2.06. The molecule has 1 aromatic carbocycles. The topological polar surface area (TPSA) is 55.6 Å². The minimum absolute atomic E-state index is 0.808. The number of nitrogens with one attached hydrogen (secondary N) is 1. The van der Waals surface area contributed by atoms with E-state index in [9.17, 15) is 0 Å². The third kappa shape index (κ3) is 5.02. The molecule has 0 spiro atoms. The van der Waals surface area contributed by atoms with Gasteiger partial charge in [-0.2, -0.15) is 0 Å². The van der Waals surface area contributed by atoms with E-state index in [1.165, 1.54) is 9.13 Å². The van der Waals surface area contributed by atoms with E-state index in [-0.39, 0.29) is 0 Å². The maximum Gasteiger partial charge on any atom is 0.209 e. The first-order valence-electron chi connectivity index (χ1n) is 6.63. The first-order valence-corrected chi connectivity index (χ1v) is 8.70. The van der Waals surface area contributed by atoms with Crippen molar-refractivity contribution in [2.24, 2.45) is 0 Å². The Morgan fingerprint density at radius 3 is 2.80 bits per heavy atom. The molecule has 1 aromatic heterocycles. The van der Waals surface area contributed by atoms with Gasteiger partial charge in [0.2, 0.25) is 5.16 Å². The summed E-state index contributed by atoms with van der Waals surface area (Å²) in [7, 11) is 0. The molecule has 0 amide bonds. The van der Waals surface area contributed by atoms with E-state index < -0.39 is 0 Å². The van der Waals surface area contributed by atoms with Crippen molar-refractivity contribution in [1.82, 2.24) is 25.5 Å². The molecule has 108 valence electrons. The van der Waals surface area contributed by atoms with Crippen LogP contribution in [0.5, 0.6) is 0 Å². The second-order valence-corrected chi connectivity index (χ2v) is 6.54. The summed E-state index contributed by atoms with van der Waals surface area (Å²) < 4.78 is 3.11. The Kier molecular flexibility index (Phi) is 6.74. The van der Waals surface area contributed by atoms with Crippen molar-refractivity contribution >= 4 is 34.4 Å². The molecular weight excluding hydrogens is 385 g/mol. The molecule has 2 aromatic rings. The lowest BCUT2D eigenvalue weighted by molar-refractivity contribution is 0.510. The molecule has 0 aliphatic rings. The lowest BCUT2D eigenvalue weighted by atomic mass is 10.2. The molecule has 1 heterocycles. The Labute approximate surface area is 137 Å². The van der Waals surface area contributed by atoms with Crippen molar-refractivity contribution in [2.45, 2.75) is 30.8 Å². The minimum Gasteiger partial charge on any atom is -0.315 e. The van der Waals surface area contributed by atoms with Crippen LogP contribution in [0.25, 0.3) is 0 Å². The monoisotopic (exact) mass is 403 g/mol. The van der Waals surface area contributed by atoms with E-state index in [4.69, 9.17) is 0 Å². The minimum atomic E-state index is 0.808. The van der Waals surface area contributed by atoms with E-state index in [0.29, 0.717) is 0 Å². The predicted molar refractivity (Wildman–Crippen MR) is 89.7 cm³/mol. The van der Waals surface area contributed by atoms with Gasteiger partial charge in [0, 0.05) is 15.9 Å². The van der Waals surface area contributed by atoms with Crippen LogP contribution in [0, 0.1) is 3.57 Å². The van der Waals surface area contributed by atoms with Gasteiger partial charge in [0.25, 0.3) is 0 Å². The summed E-state index contributed by atoms with van der Waals surface area (Å²) >= 11 is 3.99. The zero-order chi connectivity index (χ0) is 14.2. The fourth-order valence-electron chi connectivity index (χ4n) is 1.66. The lowest BCUT2D eigenvalue weighted by Crippen LogP contribution is -2.21. The molecule has 0 saturated heterocycles. The quantitative estimate of drug-likeness (QED) is 0.417. The van der Waals surface area contributed by atoms with Gasteiger partial charge in [-0.1, -0.05) is 30.8 Å². The SMILES string of the molecule is CCCNCCn1nnnc1SCc1ccc(I)cc1. The van der Waals surface area contributed by atoms with Crippen molar-refractivity contribution in [3.63, 3.8) is 0 Å². The highest BCUT2D eigenvalue weighted by atomic mass is 127. The van der Waals surface area contributed by atoms with Gasteiger partial charge in [0.05, 0.1) is 6.54 Å². The molecule has 0 radical (unpaired) electrons. The summed E-state index contributed by atoms with van der Waals surface area (Å²) in [5.74, 6) is 0.889. The Bertz CT molecular complexity index is 514. The number of aromatic nitrogens is 4. The molecule has 0 unspecified atom stereocenters. The Morgan fingerprint density at radius 1 is 1.25 bits per heavy atom. The zero-order valence-electron chi connectivity index (χ0n) is 11.4. The summed E-state index contributed by atoms with van der Waals surface area (Å²) in [5, 5.41) is 16.1. The Hall–Kier alpha value is -0.670. The molecule has 0 atom stereocenters. The third-order valence-electron chi connectivity index (χ3n) is 2.71. The van der Waals surface area contributed by atoms with Gasteiger partial charge in [-0.3, -0.25) is 0 Å². The number of hydrogen-bond acceptors (Lipinski definition) is 5. The molecule has 0 aliphatic carbocycles. The maximum absolute atomic E-state index is 4.08. The second kappa shape index (κ2) is 8.58. The molecule has 0 bridgehead atoms. The van der Waals surface area contributed by atoms with Crippen molar-refractivity contribution in [2.75, 3.05) is 13.1 Å². The highest BCUT2D eigenvalue weighted by Crippen LogP contribution is 2.20. The standard InChI is InChI=1S/C13H18IN5S/c1-2-7-15-8-9-19-13(16-17-18-19)20-10-11-3-5-12(14)6-4-11/h3-6,15H,2,7-10H2,1H3. The largest absolute Gasteiger partial charge is 0.315 e. The van der Waals surface area contributed by atoms with Crippen molar-refractivity contribution in [1.29, 1.82) is 0 Å². The van der Waals surface area contributed by atoms with Gasteiger partial charge in [0.1, 0.15) is 0 Å². The van der Waals surface area contributed by atoms with E-state index in [1.807, 2.05) is 4.68 Å². The van der Waals surface area contributed by atoms with Gasteiger partial charge in [-0.25, -0.2) is 4.68 Å². The number of thioether (sulfide) groups is 1.